The molecule has 5 nitrogen and oxygen atoms in total. The molecule has 6 heteroatoms. The van der Waals surface area contributed by atoms with Crippen LogP contribution in [-0.2, 0) is 0 Å². The average Bonchev–Trinajstić information content (AvgIpc) is 2.99. The normalized spacial score (nSPS) is 10.9. The first-order valence-electron chi connectivity index (χ1n) is 6.55. The minimum Gasteiger partial charge on any atom is -0.508 e. The highest BCUT2D eigenvalue weighted by Crippen LogP contribution is 2.28. The van der Waals surface area contributed by atoms with E-state index in [1.54, 1.807) is 12.3 Å². The Labute approximate surface area is 131 Å². The zero-order chi connectivity index (χ0) is 15.4. The molecule has 0 saturated heterocycles. The van der Waals surface area contributed by atoms with Crippen molar-refractivity contribution in [1.29, 1.82) is 0 Å². The molecule has 0 spiro atoms. The molecule has 110 valence electrons. The maximum atomic E-state index is 9.65. The molecule has 0 unspecified atom stereocenters. The Morgan fingerprint density at radius 2 is 1.91 bits per heavy atom. The largest absolute Gasteiger partial charge is 0.508 e. The van der Waals surface area contributed by atoms with Crippen LogP contribution in [0.5, 0.6) is 11.5 Å². The van der Waals surface area contributed by atoms with Crippen molar-refractivity contribution in [2.24, 2.45) is 5.10 Å². The topological polar surface area (TPSA) is 77.7 Å². The number of benzene rings is 2. The van der Waals surface area contributed by atoms with Gasteiger partial charge in [-0.25, -0.2) is 4.98 Å². The zero-order valence-corrected chi connectivity index (χ0v) is 12.3. The second-order valence-corrected chi connectivity index (χ2v) is 5.54. The van der Waals surface area contributed by atoms with Gasteiger partial charge in [-0.05, 0) is 17.7 Å². The van der Waals surface area contributed by atoms with Crippen molar-refractivity contribution in [2.75, 3.05) is 5.43 Å². The van der Waals surface area contributed by atoms with Gasteiger partial charge in [-0.3, -0.25) is 5.43 Å². The Morgan fingerprint density at radius 1 is 1.09 bits per heavy atom. The number of thiazole rings is 1. The Hall–Kier alpha value is -2.86. The van der Waals surface area contributed by atoms with Gasteiger partial charge in [0.25, 0.3) is 0 Å². The number of rotatable bonds is 4. The lowest BCUT2D eigenvalue weighted by Crippen LogP contribution is -1.89. The number of nitrogens with one attached hydrogen (secondary N) is 1. The molecule has 1 heterocycles. The van der Waals surface area contributed by atoms with Crippen molar-refractivity contribution < 1.29 is 10.2 Å². The lowest BCUT2D eigenvalue weighted by atomic mass is 10.2. The van der Waals surface area contributed by atoms with Crippen molar-refractivity contribution in [1.82, 2.24) is 4.98 Å². The molecule has 0 bridgehead atoms. The van der Waals surface area contributed by atoms with E-state index >= 15 is 0 Å². The van der Waals surface area contributed by atoms with Crippen molar-refractivity contribution in [3.8, 4) is 21.9 Å². The molecule has 3 N–H and O–H groups in total. The fraction of sp³-hybridized carbons (Fsp3) is 0. The van der Waals surface area contributed by atoms with Gasteiger partial charge < -0.3 is 10.2 Å². The van der Waals surface area contributed by atoms with Crippen LogP contribution in [0.25, 0.3) is 10.4 Å². The van der Waals surface area contributed by atoms with Crippen molar-refractivity contribution in [3.63, 3.8) is 0 Å². The van der Waals surface area contributed by atoms with E-state index in [9.17, 15) is 10.2 Å². The van der Waals surface area contributed by atoms with Gasteiger partial charge in [0, 0.05) is 17.8 Å². The minimum absolute atomic E-state index is 0.00929. The molecule has 0 aliphatic heterocycles. The summed E-state index contributed by atoms with van der Waals surface area (Å²) in [5.41, 5.74) is 4.44. The third-order valence-electron chi connectivity index (χ3n) is 2.94. The Morgan fingerprint density at radius 3 is 2.68 bits per heavy atom. The maximum absolute atomic E-state index is 9.65. The maximum Gasteiger partial charge on any atom is 0.203 e. The number of hydrazone groups is 1. The number of phenols is 2. The molecule has 2 aromatic carbocycles. The summed E-state index contributed by atoms with van der Waals surface area (Å²) >= 11 is 1.49. The lowest BCUT2D eigenvalue weighted by molar-refractivity contribution is 0.450. The summed E-state index contributed by atoms with van der Waals surface area (Å²) in [5.74, 6) is -0.0234. The molecular weight excluding hydrogens is 298 g/mol. The molecule has 0 atom stereocenters. The summed E-state index contributed by atoms with van der Waals surface area (Å²) in [6.45, 7) is 0. The van der Waals surface area contributed by atoms with Crippen molar-refractivity contribution in [3.05, 3.63) is 60.3 Å². The first-order chi connectivity index (χ1) is 10.7. The monoisotopic (exact) mass is 311 g/mol. The number of hydrogen-bond donors (Lipinski definition) is 3. The number of aromatic nitrogens is 1. The smallest absolute Gasteiger partial charge is 0.203 e. The van der Waals surface area contributed by atoms with Crippen LogP contribution in [0.2, 0.25) is 0 Å². The Kier molecular flexibility index (Phi) is 4.02. The van der Waals surface area contributed by atoms with E-state index in [1.165, 1.54) is 29.7 Å². The van der Waals surface area contributed by atoms with E-state index in [-0.39, 0.29) is 11.5 Å². The predicted molar refractivity (Wildman–Crippen MR) is 88.5 cm³/mol. The number of hydrogen-bond acceptors (Lipinski definition) is 6. The molecule has 3 rings (SSSR count). The van der Waals surface area contributed by atoms with E-state index < -0.39 is 0 Å². The third-order valence-corrected chi connectivity index (χ3v) is 3.89. The second-order valence-electron chi connectivity index (χ2n) is 4.51. The van der Waals surface area contributed by atoms with E-state index in [2.05, 4.69) is 15.5 Å². The minimum atomic E-state index is -0.0327. The van der Waals surface area contributed by atoms with Crippen LogP contribution in [0.3, 0.4) is 0 Å². The second kappa shape index (κ2) is 6.28. The predicted octanol–water partition coefficient (Wildman–Crippen LogP) is 3.67. The van der Waals surface area contributed by atoms with Crippen LogP contribution in [0.1, 0.15) is 5.56 Å². The molecule has 0 aliphatic carbocycles. The highest BCUT2D eigenvalue weighted by molar-refractivity contribution is 7.18. The summed E-state index contributed by atoms with van der Waals surface area (Å²) in [6.07, 6.45) is 3.26. The zero-order valence-electron chi connectivity index (χ0n) is 11.5. The molecule has 1 aromatic heterocycles. The number of nitrogens with zero attached hydrogens (tertiary/aromatic N) is 2. The van der Waals surface area contributed by atoms with Crippen LogP contribution in [0.4, 0.5) is 5.13 Å². The Balaban J connectivity index is 1.69. The first kappa shape index (κ1) is 14.1. The van der Waals surface area contributed by atoms with Gasteiger partial charge in [-0.15, -0.1) is 0 Å². The van der Waals surface area contributed by atoms with Crippen LogP contribution >= 0.6 is 11.3 Å². The van der Waals surface area contributed by atoms with Gasteiger partial charge in [-0.2, -0.15) is 5.10 Å². The number of anilines is 1. The molecule has 0 saturated carbocycles. The van der Waals surface area contributed by atoms with E-state index in [4.69, 9.17) is 0 Å². The Bertz CT molecular complexity index is 800. The number of phenolic OH excluding ortho intramolecular Hbond substituents is 2. The molecule has 0 aliphatic rings. The van der Waals surface area contributed by atoms with E-state index in [0.29, 0.717) is 10.7 Å². The van der Waals surface area contributed by atoms with E-state index in [1.807, 2.05) is 30.3 Å². The summed E-state index contributed by atoms with van der Waals surface area (Å²) in [5, 5.41) is 23.6. The summed E-state index contributed by atoms with van der Waals surface area (Å²) in [7, 11) is 0. The molecule has 3 aromatic rings. The molecule has 0 radical (unpaired) electrons. The van der Waals surface area contributed by atoms with Gasteiger partial charge in [0.1, 0.15) is 11.5 Å². The van der Waals surface area contributed by atoms with Crippen LogP contribution in [-0.4, -0.2) is 21.4 Å². The van der Waals surface area contributed by atoms with Crippen molar-refractivity contribution in [2.45, 2.75) is 0 Å². The fourth-order valence-electron chi connectivity index (χ4n) is 1.86. The summed E-state index contributed by atoms with van der Waals surface area (Å²) in [4.78, 5) is 5.30. The fourth-order valence-corrected chi connectivity index (χ4v) is 2.63. The van der Waals surface area contributed by atoms with Crippen LogP contribution in [0, 0.1) is 0 Å². The van der Waals surface area contributed by atoms with Crippen LogP contribution < -0.4 is 5.43 Å². The SMILES string of the molecule is Oc1ccc(/C=N/Nc2ncc(-c3ccccc3)s2)c(O)c1. The van der Waals surface area contributed by atoms with Gasteiger partial charge in [0.15, 0.2) is 0 Å². The van der Waals surface area contributed by atoms with Gasteiger partial charge >= 0.3 is 0 Å². The van der Waals surface area contributed by atoms with Gasteiger partial charge in [-0.1, -0.05) is 41.7 Å². The summed E-state index contributed by atoms with van der Waals surface area (Å²) < 4.78 is 0. The summed E-state index contributed by atoms with van der Waals surface area (Å²) in [6, 6.07) is 14.3. The van der Waals surface area contributed by atoms with Crippen molar-refractivity contribution >= 4 is 22.7 Å². The van der Waals surface area contributed by atoms with Crippen LogP contribution in [0.15, 0.2) is 59.8 Å². The molecule has 22 heavy (non-hydrogen) atoms. The molecule has 0 fully saturated rings. The standard InChI is InChI=1S/C16H13N3O2S/c20-13-7-6-12(14(21)8-13)9-18-19-16-17-10-15(22-16)11-4-2-1-3-5-11/h1-10,20-21H,(H,17,19)/b18-9+. The van der Waals surface area contributed by atoms with E-state index in [0.717, 1.165) is 10.4 Å². The highest BCUT2D eigenvalue weighted by Gasteiger charge is 2.03. The lowest BCUT2D eigenvalue weighted by Gasteiger charge is -1.99. The van der Waals surface area contributed by atoms with Gasteiger partial charge in [0.2, 0.25) is 5.13 Å². The number of aromatic hydroxyl groups is 2. The highest BCUT2D eigenvalue weighted by atomic mass is 32.1. The molecule has 0 amide bonds. The molecular formula is C16H13N3O2S. The van der Waals surface area contributed by atoms with Gasteiger partial charge in [0.05, 0.1) is 11.1 Å². The average molecular weight is 311 g/mol. The quantitative estimate of drug-likeness (QED) is 0.507. The first-order valence-corrected chi connectivity index (χ1v) is 7.36. The third kappa shape index (κ3) is 3.24.